The maximum Gasteiger partial charge on any atom is 0.143 e. The molecule has 0 aliphatic carbocycles. The highest BCUT2D eigenvalue weighted by Crippen LogP contribution is 2.19. The Hall–Kier alpha value is -0.480. The molecule has 0 saturated carbocycles. The predicted molar refractivity (Wildman–Crippen MR) is 49.5 cm³/mol. The van der Waals surface area contributed by atoms with E-state index >= 15 is 0 Å². The number of nitrogens with two attached hydrogens (primary N) is 1. The van der Waals surface area contributed by atoms with Crippen molar-refractivity contribution in [2.45, 2.75) is 12.6 Å². The van der Waals surface area contributed by atoms with Crippen molar-refractivity contribution in [1.82, 2.24) is 4.98 Å². The number of aromatic nitrogens is 1. The van der Waals surface area contributed by atoms with E-state index in [1.807, 2.05) is 0 Å². The molecule has 0 fully saturated rings. The quantitative estimate of drug-likeness (QED) is 0.869. The molecule has 1 aromatic rings. The largest absolute Gasteiger partial charge is 0.330 e. The third kappa shape index (κ3) is 2.53. The second-order valence-corrected chi connectivity index (χ2v) is 3.36. The minimum absolute atomic E-state index is 0.328. The van der Waals surface area contributed by atoms with Gasteiger partial charge in [-0.1, -0.05) is 0 Å². The molecule has 0 spiro atoms. The van der Waals surface area contributed by atoms with Crippen LogP contribution in [-0.4, -0.2) is 11.5 Å². The smallest absolute Gasteiger partial charge is 0.143 e. The Morgan fingerprint density at radius 3 is 2.83 bits per heavy atom. The van der Waals surface area contributed by atoms with Crippen molar-refractivity contribution >= 4 is 15.9 Å². The fourth-order valence-electron chi connectivity index (χ4n) is 0.867. The zero-order valence-corrected chi connectivity index (χ0v) is 8.09. The molecule has 66 valence electrons. The fraction of sp³-hybridized carbons (Fsp3) is 0.375. The van der Waals surface area contributed by atoms with Gasteiger partial charge in [0.15, 0.2) is 0 Å². The average molecular weight is 233 g/mol. The molecule has 0 aromatic carbocycles. The van der Waals surface area contributed by atoms with Crippen LogP contribution in [0, 0.1) is 0 Å². The minimum atomic E-state index is -1.04. The molecule has 2 nitrogen and oxygen atoms in total. The van der Waals surface area contributed by atoms with Crippen molar-refractivity contribution < 1.29 is 4.39 Å². The minimum Gasteiger partial charge on any atom is -0.330 e. The van der Waals surface area contributed by atoms with E-state index in [9.17, 15) is 4.39 Å². The summed E-state index contributed by atoms with van der Waals surface area (Å²) < 4.78 is 14.0. The average Bonchev–Trinajstić information content (AvgIpc) is 2.06. The summed E-state index contributed by atoms with van der Waals surface area (Å²) in [6, 6.07) is 3.43. The molecule has 0 bridgehead atoms. The summed E-state index contributed by atoms with van der Waals surface area (Å²) >= 11 is 3.22. The fourth-order valence-corrected chi connectivity index (χ4v) is 1.10. The number of hydrogen-bond acceptors (Lipinski definition) is 2. The molecular formula is C8H10BrFN2. The van der Waals surface area contributed by atoms with Gasteiger partial charge in [-0.05, 0) is 41.0 Å². The van der Waals surface area contributed by atoms with Crippen LogP contribution in [0.4, 0.5) is 4.39 Å². The van der Waals surface area contributed by atoms with Gasteiger partial charge in [0.1, 0.15) is 6.17 Å². The monoisotopic (exact) mass is 232 g/mol. The summed E-state index contributed by atoms with van der Waals surface area (Å²) in [5.41, 5.74) is 5.67. The predicted octanol–water partition coefficient (Wildman–Crippen LogP) is 2.20. The first-order valence-corrected chi connectivity index (χ1v) is 4.49. The van der Waals surface area contributed by atoms with Gasteiger partial charge >= 0.3 is 0 Å². The molecule has 2 N–H and O–H groups in total. The first kappa shape index (κ1) is 9.61. The second-order valence-electron chi connectivity index (χ2n) is 2.45. The van der Waals surface area contributed by atoms with Gasteiger partial charge in [0, 0.05) is 10.7 Å². The van der Waals surface area contributed by atoms with E-state index in [-0.39, 0.29) is 0 Å². The van der Waals surface area contributed by atoms with Crippen LogP contribution in [0.15, 0.2) is 22.8 Å². The first-order valence-electron chi connectivity index (χ1n) is 3.69. The van der Waals surface area contributed by atoms with E-state index in [0.717, 1.165) is 4.47 Å². The van der Waals surface area contributed by atoms with Crippen molar-refractivity contribution in [3.63, 3.8) is 0 Å². The van der Waals surface area contributed by atoms with Gasteiger partial charge in [-0.3, -0.25) is 4.98 Å². The Labute approximate surface area is 79.1 Å². The van der Waals surface area contributed by atoms with Crippen molar-refractivity contribution in [1.29, 1.82) is 0 Å². The van der Waals surface area contributed by atoms with Gasteiger partial charge in [-0.15, -0.1) is 0 Å². The molecular weight excluding hydrogens is 223 g/mol. The van der Waals surface area contributed by atoms with E-state index in [0.29, 0.717) is 18.7 Å². The van der Waals surface area contributed by atoms with Gasteiger partial charge in [-0.25, -0.2) is 4.39 Å². The summed E-state index contributed by atoms with van der Waals surface area (Å²) in [5.74, 6) is 0. The lowest BCUT2D eigenvalue weighted by Crippen LogP contribution is -2.04. The van der Waals surface area contributed by atoms with Crippen LogP contribution < -0.4 is 5.73 Å². The number of nitrogens with zero attached hydrogens (tertiary/aromatic N) is 1. The van der Waals surface area contributed by atoms with Gasteiger partial charge in [0.2, 0.25) is 0 Å². The SMILES string of the molecule is NCCC(F)c1ccc(Br)cn1. The van der Waals surface area contributed by atoms with Crippen molar-refractivity contribution in [2.24, 2.45) is 5.73 Å². The zero-order valence-electron chi connectivity index (χ0n) is 6.50. The van der Waals surface area contributed by atoms with Crippen molar-refractivity contribution in [2.75, 3.05) is 6.54 Å². The third-order valence-corrected chi connectivity index (χ3v) is 1.96. The van der Waals surface area contributed by atoms with Gasteiger partial charge in [0.25, 0.3) is 0 Å². The molecule has 12 heavy (non-hydrogen) atoms. The Bertz CT molecular complexity index is 237. The van der Waals surface area contributed by atoms with E-state index in [2.05, 4.69) is 20.9 Å². The van der Waals surface area contributed by atoms with Gasteiger partial charge in [0.05, 0.1) is 5.69 Å². The lowest BCUT2D eigenvalue weighted by atomic mass is 10.2. The molecule has 1 rings (SSSR count). The Kier molecular flexibility index (Phi) is 3.62. The van der Waals surface area contributed by atoms with Crippen LogP contribution in [0.2, 0.25) is 0 Å². The van der Waals surface area contributed by atoms with Crippen LogP contribution >= 0.6 is 15.9 Å². The second kappa shape index (κ2) is 4.52. The van der Waals surface area contributed by atoms with Crippen molar-refractivity contribution in [3.05, 3.63) is 28.5 Å². The Morgan fingerprint density at radius 1 is 1.58 bits per heavy atom. The maximum atomic E-state index is 13.1. The topological polar surface area (TPSA) is 38.9 Å². The number of rotatable bonds is 3. The van der Waals surface area contributed by atoms with E-state index < -0.39 is 6.17 Å². The molecule has 1 aromatic heterocycles. The van der Waals surface area contributed by atoms with E-state index in [1.165, 1.54) is 0 Å². The number of pyridine rings is 1. The lowest BCUT2D eigenvalue weighted by molar-refractivity contribution is 0.320. The summed E-state index contributed by atoms with van der Waals surface area (Å²) in [5, 5.41) is 0. The highest BCUT2D eigenvalue weighted by atomic mass is 79.9. The molecule has 1 unspecified atom stereocenters. The molecule has 4 heteroatoms. The van der Waals surface area contributed by atoms with E-state index in [1.54, 1.807) is 18.3 Å². The van der Waals surface area contributed by atoms with Crippen molar-refractivity contribution in [3.8, 4) is 0 Å². The maximum absolute atomic E-state index is 13.1. The highest BCUT2D eigenvalue weighted by molar-refractivity contribution is 9.10. The Morgan fingerprint density at radius 2 is 2.33 bits per heavy atom. The van der Waals surface area contributed by atoms with E-state index in [4.69, 9.17) is 5.73 Å². The van der Waals surface area contributed by atoms with Gasteiger partial charge in [-0.2, -0.15) is 0 Å². The molecule has 1 heterocycles. The first-order chi connectivity index (χ1) is 5.74. The van der Waals surface area contributed by atoms with Crippen LogP contribution in [0.3, 0.4) is 0 Å². The van der Waals surface area contributed by atoms with Crippen LogP contribution in [0.25, 0.3) is 0 Å². The summed E-state index contributed by atoms with van der Waals surface area (Å²) in [6.45, 7) is 0.346. The molecule has 0 aliphatic heterocycles. The van der Waals surface area contributed by atoms with Crippen LogP contribution in [-0.2, 0) is 0 Å². The van der Waals surface area contributed by atoms with Crippen LogP contribution in [0.5, 0.6) is 0 Å². The molecule has 0 radical (unpaired) electrons. The lowest BCUT2D eigenvalue weighted by Gasteiger charge is -2.04. The summed E-state index contributed by atoms with van der Waals surface area (Å²) in [7, 11) is 0. The highest BCUT2D eigenvalue weighted by Gasteiger charge is 2.08. The number of alkyl halides is 1. The molecule has 0 saturated heterocycles. The zero-order chi connectivity index (χ0) is 8.97. The third-order valence-electron chi connectivity index (χ3n) is 1.49. The number of halogens is 2. The summed E-state index contributed by atoms with van der Waals surface area (Å²) in [6.07, 6.45) is 0.871. The molecule has 0 amide bonds. The normalized spacial score (nSPS) is 12.9. The van der Waals surface area contributed by atoms with Gasteiger partial charge < -0.3 is 5.73 Å². The summed E-state index contributed by atoms with van der Waals surface area (Å²) in [4.78, 5) is 3.92. The number of hydrogen-bond donors (Lipinski definition) is 1. The molecule has 0 aliphatic rings. The van der Waals surface area contributed by atoms with Crippen LogP contribution in [0.1, 0.15) is 18.3 Å². The Balaban J connectivity index is 2.68. The standard InChI is InChI=1S/C8H10BrFN2/c9-6-1-2-8(12-5-6)7(10)3-4-11/h1-2,5,7H,3-4,11H2. The molecule has 1 atom stereocenters.